The molecule has 0 aliphatic carbocycles. The number of fused-ring (bicyclic) bond motifs is 1. The van der Waals surface area contributed by atoms with Gasteiger partial charge in [0, 0.05) is 40.7 Å². The fourth-order valence-corrected chi connectivity index (χ4v) is 4.41. The Labute approximate surface area is 260 Å². The second-order valence-corrected chi connectivity index (χ2v) is 9.88. The van der Waals surface area contributed by atoms with Gasteiger partial charge in [-0.1, -0.05) is 68.4 Å². The highest BCUT2D eigenvalue weighted by molar-refractivity contribution is 5.85. The van der Waals surface area contributed by atoms with Crippen molar-refractivity contribution < 1.29 is 19.1 Å². The molecule has 0 fully saturated rings. The number of aromatic nitrogens is 1. The van der Waals surface area contributed by atoms with E-state index in [1.165, 1.54) is 16.5 Å². The number of nitrogen functional groups attached to an aromatic ring is 1. The lowest BCUT2D eigenvalue weighted by Gasteiger charge is -2.10. The molecule has 6 heteroatoms. The normalized spacial score (nSPS) is 10.1. The molecule has 2 N–H and O–H groups in total. The zero-order valence-electron chi connectivity index (χ0n) is 26.1. The molecule has 5 rings (SSSR count). The van der Waals surface area contributed by atoms with Gasteiger partial charge in [0.2, 0.25) is 0 Å². The Bertz CT molecular complexity index is 1610. The third-order valence-corrected chi connectivity index (χ3v) is 6.77. The lowest BCUT2D eigenvalue weighted by Crippen LogP contribution is -2.00. The number of nitrogens with two attached hydrogens (primary N) is 1. The van der Waals surface area contributed by atoms with Gasteiger partial charge in [0.1, 0.15) is 17.3 Å². The summed E-state index contributed by atoms with van der Waals surface area (Å²) in [6.45, 7) is 9.35. The number of aryl methyl sites for hydroxylation is 1. The number of benzene rings is 4. The fourth-order valence-electron chi connectivity index (χ4n) is 4.41. The average molecular weight is 591 g/mol. The average Bonchev–Trinajstić information content (AvgIpc) is 3.06. The van der Waals surface area contributed by atoms with Crippen LogP contribution in [0, 0.1) is 0 Å². The topological polar surface area (TPSA) is 91.5 Å². The van der Waals surface area contributed by atoms with E-state index in [2.05, 4.69) is 43.3 Å². The lowest BCUT2D eigenvalue weighted by atomic mass is 10.00. The number of anilines is 1. The van der Waals surface area contributed by atoms with Crippen LogP contribution in [-0.2, 0) is 17.6 Å². The lowest BCUT2D eigenvalue weighted by molar-refractivity contribution is -0.118. The summed E-state index contributed by atoms with van der Waals surface area (Å²) in [4.78, 5) is 26.1. The second-order valence-electron chi connectivity index (χ2n) is 9.88. The molecule has 0 saturated heterocycles. The van der Waals surface area contributed by atoms with Gasteiger partial charge in [-0.3, -0.25) is 14.6 Å². The number of ketones is 1. The summed E-state index contributed by atoms with van der Waals surface area (Å²) in [6.07, 6.45) is 2.80. The van der Waals surface area contributed by atoms with E-state index in [9.17, 15) is 9.59 Å². The molecule has 6 nitrogen and oxygen atoms in total. The van der Waals surface area contributed by atoms with Gasteiger partial charge in [-0.15, -0.1) is 0 Å². The Balaban J connectivity index is 0.000000198. The highest BCUT2D eigenvalue weighted by Gasteiger charge is 2.08. The summed E-state index contributed by atoms with van der Waals surface area (Å²) in [5.41, 5.74) is 12.1. The van der Waals surface area contributed by atoms with E-state index in [1.54, 1.807) is 24.3 Å². The first kappa shape index (κ1) is 33.5. The third kappa shape index (κ3) is 10.1. The van der Waals surface area contributed by atoms with Crippen molar-refractivity contribution in [2.24, 2.45) is 0 Å². The monoisotopic (exact) mass is 590 g/mol. The van der Waals surface area contributed by atoms with Crippen LogP contribution in [-0.4, -0.2) is 30.3 Å². The van der Waals surface area contributed by atoms with Crippen LogP contribution in [0.2, 0.25) is 0 Å². The van der Waals surface area contributed by atoms with Gasteiger partial charge in [0.05, 0.1) is 18.7 Å². The smallest absolute Gasteiger partial charge is 0.152 e. The Kier molecular flexibility index (Phi) is 13.6. The minimum absolute atomic E-state index is 0.272. The number of ether oxygens (including phenoxy) is 2. The molecule has 0 radical (unpaired) electrons. The minimum atomic E-state index is 0.272. The van der Waals surface area contributed by atoms with E-state index in [0.717, 1.165) is 41.0 Å². The standard InChI is InChI=1S/C19H19NO.C12H16O2.C7H7NO/c1-3-18-17(13-15-7-5-6-8-19(15)20-18)14-9-11-16(12-10-14)21-4-2;1-3-11(13)9-10-5-7-12(8-6-10)14-4-2;8-7-4-2-1-3-6(7)5-9/h5-13H,3-4H2,1-2H3;5-8H,3-4,9H2,1-2H3;1-5H,8H2. The molecule has 0 saturated carbocycles. The number of hydrogen-bond donors (Lipinski definition) is 1. The molecular formula is C38H42N2O4. The van der Waals surface area contributed by atoms with Gasteiger partial charge in [0.15, 0.2) is 6.29 Å². The number of para-hydroxylation sites is 2. The molecule has 228 valence electrons. The minimum Gasteiger partial charge on any atom is -0.494 e. The van der Waals surface area contributed by atoms with Crippen LogP contribution in [0.4, 0.5) is 5.69 Å². The van der Waals surface area contributed by atoms with Gasteiger partial charge in [-0.2, -0.15) is 0 Å². The van der Waals surface area contributed by atoms with Crippen LogP contribution in [0.15, 0.2) is 103 Å². The molecule has 0 amide bonds. The van der Waals surface area contributed by atoms with Crippen molar-refractivity contribution in [3.63, 3.8) is 0 Å². The van der Waals surface area contributed by atoms with Crippen LogP contribution in [0.3, 0.4) is 0 Å². The van der Waals surface area contributed by atoms with Gasteiger partial charge in [-0.05, 0) is 79.9 Å². The number of carbonyl (C=O) groups is 2. The highest BCUT2D eigenvalue weighted by Crippen LogP contribution is 2.28. The first-order valence-electron chi connectivity index (χ1n) is 15.1. The molecule has 44 heavy (non-hydrogen) atoms. The fraction of sp³-hybridized carbons (Fsp3) is 0.237. The summed E-state index contributed by atoms with van der Waals surface area (Å²) < 4.78 is 10.8. The number of pyridine rings is 1. The van der Waals surface area contributed by atoms with Gasteiger partial charge in [0.25, 0.3) is 0 Å². The van der Waals surface area contributed by atoms with Gasteiger partial charge >= 0.3 is 0 Å². The molecule has 0 aliphatic rings. The maximum Gasteiger partial charge on any atom is 0.152 e. The maximum atomic E-state index is 11.2. The van der Waals surface area contributed by atoms with Crippen LogP contribution in [0.25, 0.3) is 22.0 Å². The first-order valence-corrected chi connectivity index (χ1v) is 15.1. The van der Waals surface area contributed by atoms with Crippen LogP contribution in [0.1, 0.15) is 55.7 Å². The number of aldehydes is 1. The Morgan fingerprint density at radius 2 is 1.36 bits per heavy atom. The Morgan fingerprint density at radius 1 is 0.773 bits per heavy atom. The zero-order valence-corrected chi connectivity index (χ0v) is 26.1. The summed E-state index contributed by atoms with van der Waals surface area (Å²) in [7, 11) is 0. The third-order valence-electron chi connectivity index (χ3n) is 6.77. The second kappa shape index (κ2) is 17.9. The number of hydrogen-bond acceptors (Lipinski definition) is 6. The van der Waals surface area contributed by atoms with E-state index in [-0.39, 0.29) is 5.78 Å². The van der Waals surface area contributed by atoms with E-state index >= 15 is 0 Å². The number of nitrogens with zero attached hydrogens (tertiary/aromatic N) is 1. The number of rotatable bonds is 10. The van der Waals surface area contributed by atoms with Crippen molar-refractivity contribution in [3.05, 3.63) is 120 Å². The van der Waals surface area contributed by atoms with Crippen molar-refractivity contribution in [1.29, 1.82) is 0 Å². The van der Waals surface area contributed by atoms with Crippen molar-refractivity contribution in [2.75, 3.05) is 18.9 Å². The molecule has 0 spiro atoms. The summed E-state index contributed by atoms with van der Waals surface area (Å²) >= 11 is 0. The van der Waals surface area contributed by atoms with Gasteiger partial charge in [-0.25, -0.2) is 0 Å². The SMILES string of the molecule is CCOc1ccc(-c2cc3ccccc3nc2CC)cc1.CCOc1ccc(CC(=O)CC)cc1.Nc1ccccc1C=O. The number of carbonyl (C=O) groups excluding carboxylic acids is 2. The number of Topliss-reactive ketones (excluding diaryl/α,β-unsaturated/α-hetero) is 1. The molecule has 1 aromatic heterocycles. The van der Waals surface area contributed by atoms with E-state index in [0.29, 0.717) is 37.3 Å². The van der Waals surface area contributed by atoms with Crippen molar-refractivity contribution in [3.8, 4) is 22.6 Å². The molecular weight excluding hydrogens is 548 g/mol. The van der Waals surface area contributed by atoms with E-state index in [1.807, 2.05) is 63.2 Å². The summed E-state index contributed by atoms with van der Waals surface area (Å²) in [5.74, 6) is 2.04. The predicted octanol–water partition coefficient (Wildman–Crippen LogP) is 8.55. The molecule has 0 atom stereocenters. The van der Waals surface area contributed by atoms with Crippen LogP contribution >= 0.6 is 0 Å². The van der Waals surface area contributed by atoms with E-state index in [4.69, 9.17) is 20.2 Å². The molecule has 0 bridgehead atoms. The zero-order chi connectivity index (χ0) is 31.7. The quantitative estimate of drug-likeness (QED) is 0.129. The molecule has 0 unspecified atom stereocenters. The Hall–Kier alpha value is -4.97. The van der Waals surface area contributed by atoms with Crippen molar-refractivity contribution in [1.82, 2.24) is 4.98 Å². The molecule has 5 aromatic rings. The van der Waals surface area contributed by atoms with Crippen molar-refractivity contribution in [2.45, 2.75) is 47.0 Å². The molecule has 1 heterocycles. The highest BCUT2D eigenvalue weighted by atomic mass is 16.5. The predicted molar refractivity (Wildman–Crippen MR) is 181 cm³/mol. The Morgan fingerprint density at radius 3 is 1.91 bits per heavy atom. The molecule has 0 aliphatic heterocycles. The maximum absolute atomic E-state index is 11.2. The first-order chi connectivity index (χ1) is 21.4. The summed E-state index contributed by atoms with van der Waals surface area (Å²) in [6, 6.07) is 33.4. The van der Waals surface area contributed by atoms with Crippen molar-refractivity contribution >= 4 is 28.7 Å². The van der Waals surface area contributed by atoms with Crippen LogP contribution in [0.5, 0.6) is 11.5 Å². The summed E-state index contributed by atoms with van der Waals surface area (Å²) in [5, 5.41) is 1.18. The van der Waals surface area contributed by atoms with E-state index < -0.39 is 0 Å². The van der Waals surface area contributed by atoms with Crippen LogP contribution < -0.4 is 15.2 Å². The largest absolute Gasteiger partial charge is 0.494 e. The van der Waals surface area contributed by atoms with Gasteiger partial charge < -0.3 is 15.2 Å². The molecule has 4 aromatic carbocycles.